The maximum Gasteiger partial charge on any atom is 0.283 e. The van der Waals surface area contributed by atoms with Crippen LogP contribution in [0.2, 0.25) is 10.0 Å². The number of nitrogens with one attached hydrogen (secondary N) is 1. The highest BCUT2D eigenvalue weighted by Gasteiger charge is 2.20. The molecule has 1 aliphatic rings. The van der Waals surface area contributed by atoms with E-state index in [-0.39, 0.29) is 22.5 Å². The molecule has 8 heteroatoms. The fraction of sp³-hybridized carbons (Fsp3) is 0.217. The van der Waals surface area contributed by atoms with Crippen molar-refractivity contribution in [3.05, 3.63) is 80.3 Å². The van der Waals surface area contributed by atoms with Gasteiger partial charge in [0.1, 0.15) is 5.22 Å². The summed E-state index contributed by atoms with van der Waals surface area (Å²) in [5.41, 5.74) is 3.81. The van der Waals surface area contributed by atoms with Gasteiger partial charge >= 0.3 is 0 Å². The van der Waals surface area contributed by atoms with E-state index in [1.807, 2.05) is 47.1 Å². The van der Waals surface area contributed by atoms with Crippen molar-refractivity contribution in [3.8, 4) is 16.9 Å². The fourth-order valence-corrected chi connectivity index (χ4v) is 4.55. The molecule has 4 aromatic rings. The maximum absolute atomic E-state index is 13.5. The summed E-state index contributed by atoms with van der Waals surface area (Å²) >= 11 is 12.5. The zero-order valence-corrected chi connectivity index (χ0v) is 19.9. The minimum Gasteiger partial charge on any atom is -0.388 e. The number of hydrogen-bond acceptors (Lipinski definition) is 3. The van der Waals surface area contributed by atoms with E-state index in [0.717, 1.165) is 49.2 Å². The molecular formula is C23H21BrCl2N4O. The molecule has 1 saturated heterocycles. The Morgan fingerprint density at radius 3 is 2.58 bits per heavy atom. The molecule has 31 heavy (non-hydrogen) atoms. The minimum atomic E-state index is -0.0677. The molecule has 1 fully saturated rings. The van der Waals surface area contributed by atoms with E-state index in [9.17, 15) is 4.79 Å². The number of aromatic nitrogens is 3. The van der Waals surface area contributed by atoms with Crippen molar-refractivity contribution in [1.29, 1.82) is 0 Å². The summed E-state index contributed by atoms with van der Waals surface area (Å²) in [7, 11) is 0. The van der Waals surface area contributed by atoms with Crippen LogP contribution < -0.4 is 16.1 Å². The van der Waals surface area contributed by atoms with Crippen LogP contribution in [0.5, 0.6) is 0 Å². The summed E-state index contributed by atoms with van der Waals surface area (Å²) in [6.07, 6.45) is 6.02. The molecule has 0 saturated carbocycles. The highest BCUT2D eigenvalue weighted by atomic mass is 79.9. The molecule has 1 aliphatic heterocycles. The number of nitrogens with zero attached hydrogens (tertiary/aromatic N) is 3. The average Bonchev–Trinajstić information content (AvgIpc) is 3.11. The van der Waals surface area contributed by atoms with Gasteiger partial charge in [-0.3, -0.25) is 4.79 Å². The van der Waals surface area contributed by atoms with Crippen LogP contribution in [0.15, 0.2) is 59.5 Å². The first-order chi connectivity index (χ1) is 14.6. The molecule has 0 radical (unpaired) electrons. The molecule has 2 aromatic carbocycles. The number of benzene rings is 2. The van der Waals surface area contributed by atoms with Crippen molar-refractivity contribution in [2.45, 2.75) is 25.7 Å². The second-order valence-electron chi connectivity index (χ2n) is 7.46. The summed E-state index contributed by atoms with van der Waals surface area (Å²) in [6.45, 7) is 0.869. The monoisotopic (exact) mass is 518 g/mol. The van der Waals surface area contributed by atoms with Crippen molar-refractivity contribution < 1.29 is 0 Å². The molecule has 160 valence electrons. The van der Waals surface area contributed by atoms with E-state index >= 15 is 0 Å². The van der Waals surface area contributed by atoms with Gasteiger partial charge in [0.2, 0.25) is 0 Å². The van der Waals surface area contributed by atoms with Gasteiger partial charge in [0, 0.05) is 22.8 Å². The van der Waals surface area contributed by atoms with Crippen LogP contribution in [0.3, 0.4) is 0 Å². The maximum atomic E-state index is 13.5. The summed E-state index contributed by atoms with van der Waals surface area (Å²) in [4.78, 5) is 18.4. The largest absolute Gasteiger partial charge is 0.388 e. The first kappa shape index (κ1) is 21.9. The lowest BCUT2D eigenvalue weighted by molar-refractivity contribution is 0.721. The average molecular weight is 520 g/mol. The summed E-state index contributed by atoms with van der Waals surface area (Å²) in [5.74, 6) is 0. The Kier molecular flexibility index (Phi) is 6.42. The molecule has 0 atom stereocenters. The third-order valence-electron chi connectivity index (χ3n) is 5.48. The van der Waals surface area contributed by atoms with E-state index in [1.54, 1.807) is 16.8 Å². The van der Waals surface area contributed by atoms with Crippen molar-refractivity contribution in [2.24, 2.45) is 0 Å². The molecule has 5 nitrogen and oxygen atoms in total. The molecular weight excluding hydrogens is 499 g/mol. The Bertz CT molecular complexity index is 1340. The van der Waals surface area contributed by atoms with Gasteiger partial charge in [-0.1, -0.05) is 47.8 Å². The Morgan fingerprint density at radius 1 is 1.00 bits per heavy atom. The van der Waals surface area contributed by atoms with Gasteiger partial charge in [-0.25, -0.2) is 14.2 Å². The van der Waals surface area contributed by atoms with Crippen molar-refractivity contribution >= 4 is 51.5 Å². The van der Waals surface area contributed by atoms with Gasteiger partial charge in [-0.05, 0) is 49.6 Å². The zero-order chi connectivity index (χ0) is 20.7. The first-order valence-electron chi connectivity index (χ1n) is 10.1. The summed E-state index contributed by atoms with van der Waals surface area (Å²) in [6, 6.07) is 15.0. The van der Waals surface area contributed by atoms with E-state index in [1.165, 1.54) is 0 Å². The van der Waals surface area contributed by atoms with Gasteiger partial charge < -0.3 is 5.32 Å². The lowest BCUT2D eigenvalue weighted by Gasteiger charge is -2.04. The van der Waals surface area contributed by atoms with Gasteiger partial charge in [0.05, 0.1) is 22.6 Å². The van der Waals surface area contributed by atoms with E-state index < -0.39 is 0 Å². The summed E-state index contributed by atoms with van der Waals surface area (Å²) in [5, 5.41) is 5.20. The number of para-hydroxylation sites is 1. The molecule has 0 amide bonds. The Balaban J connectivity index is 0.00000231. The predicted octanol–water partition coefficient (Wildman–Crippen LogP) is 5.03. The normalized spacial score (nSPS) is 15.9. The number of hydrogen-bond donors (Lipinski definition) is 1. The standard InChI is InChI=1S/C23H20Cl2N4O.BrH/c24-15-10-11-17(18(25)13-15)20-14-28-22(27-20)21(19-9-5-2-6-12-26-19)23(30)29(28)16-7-3-1-4-8-16;/h1,3-4,7-8,10-11,13-14,26H,2,5-6,9,12H2;1H/b21-19-;. The molecule has 0 bridgehead atoms. The van der Waals surface area contributed by atoms with Crippen molar-refractivity contribution in [3.63, 3.8) is 0 Å². The number of imidazole rings is 1. The van der Waals surface area contributed by atoms with Crippen LogP contribution in [-0.4, -0.2) is 20.7 Å². The lowest BCUT2D eigenvalue weighted by atomic mass is 10.1. The third kappa shape index (κ3) is 4.00. The van der Waals surface area contributed by atoms with Crippen molar-refractivity contribution in [1.82, 2.24) is 19.5 Å². The highest BCUT2D eigenvalue weighted by molar-refractivity contribution is 8.93. The number of fused-ring (bicyclic) bond motifs is 1. The SMILES string of the molecule is Br.O=c1/c(=C2/CCCCCN2)c2nc(-c3ccc(Cl)cc3Cl)cn2n1-c1ccccc1. The van der Waals surface area contributed by atoms with E-state index in [0.29, 0.717) is 26.6 Å². The Hall–Kier alpha value is -2.28. The first-order valence-corrected chi connectivity index (χ1v) is 10.8. The summed E-state index contributed by atoms with van der Waals surface area (Å²) < 4.78 is 3.50. The number of halogens is 3. The van der Waals surface area contributed by atoms with Crippen LogP contribution >= 0.6 is 40.2 Å². The molecule has 2 aromatic heterocycles. The van der Waals surface area contributed by atoms with Gasteiger partial charge in [0.25, 0.3) is 5.56 Å². The quantitative estimate of drug-likeness (QED) is 0.404. The van der Waals surface area contributed by atoms with Gasteiger partial charge in [-0.15, -0.1) is 17.0 Å². The molecule has 0 aliphatic carbocycles. The number of rotatable bonds is 2. The zero-order valence-electron chi connectivity index (χ0n) is 16.6. The topological polar surface area (TPSA) is 51.3 Å². The van der Waals surface area contributed by atoms with Crippen molar-refractivity contribution in [2.75, 3.05) is 6.54 Å². The molecule has 3 heterocycles. The second-order valence-corrected chi connectivity index (χ2v) is 8.31. The molecule has 1 N–H and O–H groups in total. The van der Waals surface area contributed by atoms with Crippen LogP contribution in [0.1, 0.15) is 25.7 Å². The van der Waals surface area contributed by atoms with Crippen LogP contribution in [0, 0.1) is 0 Å². The Morgan fingerprint density at radius 2 is 1.81 bits per heavy atom. The smallest absolute Gasteiger partial charge is 0.283 e. The van der Waals surface area contributed by atoms with Gasteiger partial charge in [0.15, 0.2) is 5.65 Å². The van der Waals surface area contributed by atoms with Crippen LogP contribution in [0.4, 0.5) is 0 Å². The minimum absolute atomic E-state index is 0. The molecule has 0 spiro atoms. The van der Waals surface area contributed by atoms with Gasteiger partial charge in [-0.2, -0.15) is 0 Å². The third-order valence-corrected chi connectivity index (χ3v) is 6.03. The highest BCUT2D eigenvalue weighted by Crippen LogP contribution is 2.29. The van der Waals surface area contributed by atoms with E-state index in [4.69, 9.17) is 28.2 Å². The van der Waals surface area contributed by atoms with Crippen LogP contribution in [-0.2, 0) is 0 Å². The second kappa shape index (κ2) is 9.07. The lowest BCUT2D eigenvalue weighted by Crippen LogP contribution is -2.33. The van der Waals surface area contributed by atoms with Crippen LogP contribution in [0.25, 0.3) is 28.3 Å². The predicted molar refractivity (Wildman–Crippen MR) is 132 cm³/mol. The Labute approximate surface area is 200 Å². The van der Waals surface area contributed by atoms with E-state index in [2.05, 4.69) is 5.32 Å². The molecule has 5 rings (SSSR count). The molecule has 0 unspecified atom stereocenters. The fourth-order valence-electron chi connectivity index (χ4n) is 4.04.